The number of carbonyl (C=O) groups excluding carboxylic acids is 1. The topological polar surface area (TPSA) is 29.5 Å². The van der Waals surface area contributed by atoms with Crippen LogP contribution in [0.3, 0.4) is 0 Å². The smallest absolute Gasteiger partial charge is 0.246 e. The van der Waals surface area contributed by atoms with Gasteiger partial charge in [0, 0.05) is 17.9 Å². The van der Waals surface area contributed by atoms with Gasteiger partial charge in [-0.3, -0.25) is 9.63 Å². The van der Waals surface area contributed by atoms with Crippen LogP contribution in [0, 0.1) is 0 Å². The Bertz CT molecular complexity index is 97.0. The number of carbonyl (C=O) groups is 1. The van der Waals surface area contributed by atoms with Gasteiger partial charge in [-0.1, -0.05) is 22.6 Å². The zero-order chi connectivity index (χ0) is 7.28. The van der Waals surface area contributed by atoms with Crippen LogP contribution in [0.2, 0.25) is 0 Å². The molecule has 0 bridgehead atoms. The van der Waals surface area contributed by atoms with Gasteiger partial charge in [0.05, 0.1) is 7.11 Å². The van der Waals surface area contributed by atoms with Gasteiger partial charge in [-0.2, -0.15) is 0 Å². The normalized spacial score (nSPS) is 9.22. The molecule has 0 radical (unpaired) electrons. The van der Waals surface area contributed by atoms with E-state index in [9.17, 15) is 4.79 Å². The Morgan fingerprint density at radius 3 is 2.67 bits per heavy atom. The molecule has 0 aromatic heterocycles. The second-order valence-corrected chi connectivity index (χ2v) is 2.59. The molecule has 0 saturated carbocycles. The van der Waals surface area contributed by atoms with Crippen molar-refractivity contribution < 1.29 is 9.63 Å². The molecule has 0 heterocycles. The number of hydrogen-bond acceptors (Lipinski definition) is 2. The number of hydrogen-bond donors (Lipinski definition) is 0. The lowest BCUT2D eigenvalue weighted by molar-refractivity contribution is -0.168. The van der Waals surface area contributed by atoms with Gasteiger partial charge in [0.15, 0.2) is 0 Å². The van der Waals surface area contributed by atoms with E-state index >= 15 is 0 Å². The van der Waals surface area contributed by atoms with Crippen molar-refractivity contribution in [3.05, 3.63) is 0 Å². The van der Waals surface area contributed by atoms with Gasteiger partial charge in [-0.05, 0) is 0 Å². The number of nitrogens with zero attached hydrogens (tertiary/aromatic N) is 1. The maximum absolute atomic E-state index is 10.8. The van der Waals surface area contributed by atoms with Crippen molar-refractivity contribution in [1.29, 1.82) is 0 Å². The summed E-state index contributed by atoms with van der Waals surface area (Å²) in [5.41, 5.74) is 0. The van der Waals surface area contributed by atoms with Gasteiger partial charge >= 0.3 is 0 Å². The molecule has 0 fully saturated rings. The zero-order valence-corrected chi connectivity index (χ0v) is 7.71. The minimum Gasteiger partial charge on any atom is -0.275 e. The van der Waals surface area contributed by atoms with Gasteiger partial charge in [-0.15, -0.1) is 0 Å². The molecule has 0 saturated heterocycles. The summed E-state index contributed by atoms with van der Waals surface area (Å²) in [6, 6.07) is 0. The molecule has 4 heteroatoms. The second kappa shape index (κ2) is 4.99. The first-order valence-corrected chi connectivity index (χ1v) is 4.11. The van der Waals surface area contributed by atoms with Crippen LogP contribution in [0.4, 0.5) is 0 Å². The van der Waals surface area contributed by atoms with Crippen molar-refractivity contribution in [3.63, 3.8) is 0 Å². The zero-order valence-electron chi connectivity index (χ0n) is 5.56. The number of halogens is 1. The van der Waals surface area contributed by atoms with Crippen LogP contribution < -0.4 is 0 Å². The molecule has 0 spiro atoms. The van der Waals surface area contributed by atoms with Gasteiger partial charge in [0.2, 0.25) is 5.91 Å². The minimum atomic E-state index is 0.0203. The van der Waals surface area contributed by atoms with Gasteiger partial charge in [-0.25, -0.2) is 5.06 Å². The third kappa shape index (κ3) is 3.69. The maximum atomic E-state index is 10.8. The van der Waals surface area contributed by atoms with Crippen LogP contribution in [0.25, 0.3) is 0 Å². The molecule has 0 aromatic carbocycles. The van der Waals surface area contributed by atoms with E-state index in [1.165, 1.54) is 12.2 Å². The van der Waals surface area contributed by atoms with E-state index in [0.29, 0.717) is 6.42 Å². The molecule has 0 rings (SSSR count). The van der Waals surface area contributed by atoms with E-state index in [1.54, 1.807) is 7.05 Å². The van der Waals surface area contributed by atoms with Crippen LogP contribution in [0.1, 0.15) is 6.42 Å². The molecule has 0 aliphatic heterocycles. The Labute approximate surface area is 68.4 Å². The molecule has 0 aliphatic carbocycles. The van der Waals surface area contributed by atoms with E-state index < -0.39 is 0 Å². The predicted molar refractivity (Wildman–Crippen MR) is 43.3 cm³/mol. The number of rotatable bonds is 3. The fourth-order valence-corrected chi connectivity index (χ4v) is 0.802. The van der Waals surface area contributed by atoms with Crippen molar-refractivity contribution in [2.75, 3.05) is 18.6 Å². The SMILES string of the molecule is CON(C)C(=O)CCI. The minimum absolute atomic E-state index is 0.0203. The van der Waals surface area contributed by atoms with Crippen LogP contribution in [-0.2, 0) is 9.63 Å². The standard InChI is InChI=1S/C5H10INO2/c1-7(9-2)5(8)3-4-6/h3-4H2,1-2H3. The number of hydroxylamine groups is 2. The van der Waals surface area contributed by atoms with Crippen molar-refractivity contribution >= 4 is 28.5 Å². The van der Waals surface area contributed by atoms with E-state index in [4.69, 9.17) is 0 Å². The third-order valence-corrected chi connectivity index (χ3v) is 1.47. The lowest BCUT2D eigenvalue weighted by Gasteiger charge is -2.11. The van der Waals surface area contributed by atoms with Crippen molar-refractivity contribution in [1.82, 2.24) is 5.06 Å². The highest BCUT2D eigenvalue weighted by atomic mass is 127. The average Bonchev–Trinajstić information content (AvgIpc) is 1.87. The maximum Gasteiger partial charge on any atom is 0.246 e. The quantitative estimate of drug-likeness (QED) is 0.417. The van der Waals surface area contributed by atoms with E-state index in [-0.39, 0.29) is 5.91 Å². The van der Waals surface area contributed by atoms with E-state index in [2.05, 4.69) is 27.4 Å². The Hall–Kier alpha value is 0.160. The fraction of sp³-hybridized carbons (Fsp3) is 0.800. The summed E-state index contributed by atoms with van der Waals surface area (Å²) in [5.74, 6) is 0.0203. The Morgan fingerprint density at radius 1 is 1.78 bits per heavy atom. The molecule has 0 unspecified atom stereocenters. The summed E-state index contributed by atoms with van der Waals surface area (Å²) in [4.78, 5) is 15.4. The molecule has 0 aromatic rings. The van der Waals surface area contributed by atoms with Crippen LogP contribution in [0.5, 0.6) is 0 Å². The van der Waals surface area contributed by atoms with Gasteiger partial charge in [0.25, 0.3) is 0 Å². The third-order valence-electron chi connectivity index (χ3n) is 0.933. The van der Waals surface area contributed by atoms with Crippen molar-refractivity contribution in [2.45, 2.75) is 6.42 Å². The number of amides is 1. The summed E-state index contributed by atoms with van der Waals surface area (Å²) in [5, 5.41) is 1.23. The van der Waals surface area contributed by atoms with Crippen molar-refractivity contribution in [3.8, 4) is 0 Å². The largest absolute Gasteiger partial charge is 0.275 e. The summed E-state index contributed by atoms with van der Waals surface area (Å²) < 4.78 is 0.838. The molecule has 3 nitrogen and oxygen atoms in total. The second-order valence-electron chi connectivity index (χ2n) is 1.51. The molecule has 0 atom stereocenters. The monoisotopic (exact) mass is 243 g/mol. The molecule has 9 heavy (non-hydrogen) atoms. The summed E-state index contributed by atoms with van der Waals surface area (Å²) in [6.07, 6.45) is 0.547. The van der Waals surface area contributed by atoms with Crippen LogP contribution in [0.15, 0.2) is 0 Å². The van der Waals surface area contributed by atoms with Crippen molar-refractivity contribution in [2.24, 2.45) is 0 Å². The van der Waals surface area contributed by atoms with Crippen LogP contribution >= 0.6 is 22.6 Å². The molecular weight excluding hydrogens is 233 g/mol. The molecule has 54 valence electrons. The Morgan fingerprint density at radius 2 is 2.33 bits per heavy atom. The summed E-state index contributed by atoms with van der Waals surface area (Å²) >= 11 is 2.15. The Kier molecular flexibility index (Phi) is 5.07. The van der Waals surface area contributed by atoms with E-state index in [0.717, 1.165) is 4.43 Å². The Balaban J connectivity index is 3.46. The molecule has 0 N–H and O–H groups in total. The lowest BCUT2D eigenvalue weighted by atomic mass is 10.5. The molecule has 0 aliphatic rings. The predicted octanol–water partition coefficient (Wildman–Crippen LogP) is 0.831. The highest BCUT2D eigenvalue weighted by Gasteiger charge is 2.04. The molecule has 1 amide bonds. The molecular formula is C5H10INO2. The highest BCUT2D eigenvalue weighted by molar-refractivity contribution is 14.1. The fourth-order valence-electron chi connectivity index (χ4n) is 0.340. The van der Waals surface area contributed by atoms with Gasteiger partial charge < -0.3 is 0 Å². The van der Waals surface area contributed by atoms with E-state index in [1.807, 2.05) is 0 Å². The average molecular weight is 243 g/mol. The first-order valence-electron chi connectivity index (χ1n) is 2.59. The number of alkyl halides is 1. The lowest BCUT2D eigenvalue weighted by Crippen LogP contribution is -2.25. The van der Waals surface area contributed by atoms with Crippen LogP contribution in [-0.4, -0.2) is 29.6 Å². The summed E-state index contributed by atoms with van der Waals surface area (Å²) in [6.45, 7) is 0. The first-order chi connectivity index (χ1) is 4.22. The summed E-state index contributed by atoms with van der Waals surface area (Å²) in [7, 11) is 3.08. The highest BCUT2D eigenvalue weighted by Crippen LogP contribution is 1.93. The van der Waals surface area contributed by atoms with Gasteiger partial charge in [0.1, 0.15) is 0 Å². The first kappa shape index (κ1) is 9.16.